The Kier molecular flexibility index (Phi) is 8.03. The zero-order valence-electron chi connectivity index (χ0n) is 17.2. The topological polar surface area (TPSA) is 77.9 Å². The minimum atomic E-state index is -0.795. The van der Waals surface area contributed by atoms with Crippen LogP contribution in [0.15, 0.2) is 24.3 Å². The lowest BCUT2D eigenvalue weighted by atomic mass is 9.97. The van der Waals surface area contributed by atoms with Crippen LogP contribution in [0, 0.1) is 11.8 Å². The summed E-state index contributed by atoms with van der Waals surface area (Å²) < 4.78 is 0. The Labute approximate surface area is 167 Å². The summed E-state index contributed by atoms with van der Waals surface area (Å²) in [4.78, 5) is 38.9. The number of aliphatic carboxylic acids is 1. The molecule has 1 N–H and O–H groups in total. The number of carbonyl (C=O) groups excluding carboxylic acids is 2. The highest BCUT2D eigenvalue weighted by atomic mass is 16.4. The Bertz CT molecular complexity index is 676. The molecule has 2 rings (SSSR count). The molecular weight excluding hydrogens is 356 g/mol. The number of rotatable bonds is 8. The van der Waals surface area contributed by atoms with Crippen LogP contribution in [0.4, 0.5) is 0 Å². The average Bonchev–Trinajstić information content (AvgIpc) is 2.66. The molecule has 6 nitrogen and oxygen atoms in total. The second-order valence-electron chi connectivity index (χ2n) is 8.16. The molecule has 0 atom stereocenters. The molecular formula is C22H32N2O4. The minimum Gasteiger partial charge on any atom is -0.481 e. The van der Waals surface area contributed by atoms with Gasteiger partial charge in [-0.2, -0.15) is 0 Å². The predicted octanol–water partition coefficient (Wildman–Crippen LogP) is 2.60. The van der Waals surface area contributed by atoms with Crippen LogP contribution in [0.2, 0.25) is 0 Å². The van der Waals surface area contributed by atoms with Gasteiger partial charge in [0.15, 0.2) is 0 Å². The summed E-state index contributed by atoms with van der Waals surface area (Å²) in [5, 5.41) is 9.03. The number of likely N-dealkylation sites (N-methyl/N-ethyl adjacent to an activating group) is 1. The molecule has 1 saturated heterocycles. The molecule has 1 aliphatic rings. The number of nitrogens with zero attached hydrogens (tertiary/aromatic N) is 2. The van der Waals surface area contributed by atoms with E-state index in [0.717, 1.165) is 12.0 Å². The highest BCUT2D eigenvalue weighted by Crippen LogP contribution is 2.17. The summed E-state index contributed by atoms with van der Waals surface area (Å²) >= 11 is 0. The first-order chi connectivity index (χ1) is 13.3. The van der Waals surface area contributed by atoms with Gasteiger partial charge in [-0.3, -0.25) is 14.4 Å². The summed E-state index contributed by atoms with van der Waals surface area (Å²) in [7, 11) is 1.65. The van der Waals surface area contributed by atoms with Crippen LogP contribution in [-0.2, 0) is 27.2 Å². The molecule has 0 aliphatic carbocycles. The largest absolute Gasteiger partial charge is 0.481 e. The monoisotopic (exact) mass is 388 g/mol. The van der Waals surface area contributed by atoms with E-state index in [2.05, 4.69) is 38.1 Å². The SMILES string of the molecule is CC(C)Cc1ccc(CCC(=O)N(C)CC(=O)N2CCC(C(=O)O)CC2)cc1. The lowest BCUT2D eigenvalue weighted by Crippen LogP contribution is -2.45. The van der Waals surface area contributed by atoms with E-state index in [1.807, 2.05) is 0 Å². The Hall–Kier alpha value is -2.37. The first kappa shape index (κ1) is 21.9. The molecule has 0 bridgehead atoms. The maximum atomic E-state index is 12.4. The molecule has 0 saturated carbocycles. The maximum Gasteiger partial charge on any atom is 0.306 e. The van der Waals surface area contributed by atoms with Crippen LogP contribution in [0.1, 0.15) is 44.2 Å². The highest BCUT2D eigenvalue weighted by Gasteiger charge is 2.27. The van der Waals surface area contributed by atoms with Gasteiger partial charge in [-0.15, -0.1) is 0 Å². The van der Waals surface area contributed by atoms with E-state index in [9.17, 15) is 14.4 Å². The van der Waals surface area contributed by atoms with E-state index in [1.165, 1.54) is 10.5 Å². The normalized spacial score (nSPS) is 14.9. The smallest absolute Gasteiger partial charge is 0.306 e. The summed E-state index contributed by atoms with van der Waals surface area (Å²) in [6, 6.07) is 8.38. The third kappa shape index (κ3) is 6.66. The fraction of sp³-hybridized carbons (Fsp3) is 0.591. The number of likely N-dealkylation sites (tertiary alicyclic amines) is 1. The van der Waals surface area contributed by atoms with E-state index in [1.54, 1.807) is 11.9 Å². The number of amides is 2. The van der Waals surface area contributed by atoms with Gasteiger partial charge in [0.25, 0.3) is 0 Å². The van der Waals surface area contributed by atoms with Crippen molar-refractivity contribution in [2.75, 3.05) is 26.7 Å². The fourth-order valence-electron chi connectivity index (χ4n) is 3.52. The molecule has 0 aromatic heterocycles. The Morgan fingerprint density at radius 1 is 1.11 bits per heavy atom. The van der Waals surface area contributed by atoms with Gasteiger partial charge in [-0.05, 0) is 42.7 Å². The van der Waals surface area contributed by atoms with Crippen LogP contribution < -0.4 is 0 Å². The van der Waals surface area contributed by atoms with E-state index in [4.69, 9.17) is 5.11 Å². The molecule has 1 aromatic rings. The van der Waals surface area contributed by atoms with Crippen LogP contribution in [-0.4, -0.2) is 59.4 Å². The van der Waals surface area contributed by atoms with Gasteiger partial charge >= 0.3 is 5.97 Å². The molecule has 1 fully saturated rings. The maximum absolute atomic E-state index is 12.4. The zero-order valence-corrected chi connectivity index (χ0v) is 17.2. The predicted molar refractivity (Wildman–Crippen MR) is 108 cm³/mol. The standard InChI is InChI=1S/C22H32N2O4/c1-16(2)14-18-6-4-17(5-7-18)8-9-20(25)23(3)15-21(26)24-12-10-19(11-13-24)22(27)28/h4-7,16,19H,8-15H2,1-3H3,(H,27,28). The molecule has 28 heavy (non-hydrogen) atoms. The third-order valence-electron chi connectivity index (χ3n) is 5.29. The Morgan fingerprint density at radius 3 is 2.21 bits per heavy atom. The molecule has 6 heteroatoms. The first-order valence-electron chi connectivity index (χ1n) is 10.1. The van der Waals surface area contributed by atoms with Crippen molar-refractivity contribution >= 4 is 17.8 Å². The second-order valence-corrected chi connectivity index (χ2v) is 8.16. The van der Waals surface area contributed by atoms with Gasteiger partial charge in [0.1, 0.15) is 0 Å². The van der Waals surface area contributed by atoms with E-state index >= 15 is 0 Å². The van der Waals surface area contributed by atoms with Crippen molar-refractivity contribution in [3.05, 3.63) is 35.4 Å². The molecule has 154 valence electrons. The van der Waals surface area contributed by atoms with Gasteiger partial charge in [-0.25, -0.2) is 0 Å². The summed E-state index contributed by atoms with van der Waals surface area (Å²) in [5.41, 5.74) is 2.43. The minimum absolute atomic E-state index is 0.0455. The number of benzene rings is 1. The quantitative estimate of drug-likeness (QED) is 0.743. The summed E-state index contributed by atoms with van der Waals surface area (Å²) in [5.74, 6) is -0.710. The van der Waals surface area contributed by atoms with Crippen LogP contribution in [0.3, 0.4) is 0 Å². The fourth-order valence-corrected chi connectivity index (χ4v) is 3.52. The number of hydrogen-bond acceptors (Lipinski definition) is 3. The molecule has 1 aromatic carbocycles. The van der Waals surface area contributed by atoms with Crippen LogP contribution in [0.5, 0.6) is 0 Å². The van der Waals surface area contributed by atoms with Crippen molar-refractivity contribution in [3.63, 3.8) is 0 Å². The van der Waals surface area contributed by atoms with Crippen molar-refractivity contribution in [1.29, 1.82) is 0 Å². The summed E-state index contributed by atoms with van der Waals surface area (Å²) in [6.45, 7) is 5.32. The molecule has 0 unspecified atom stereocenters. The van der Waals surface area contributed by atoms with Crippen molar-refractivity contribution in [3.8, 4) is 0 Å². The number of carbonyl (C=O) groups is 3. The van der Waals surface area contributed by atoms with Gasteiger partial charge in [0.05, 0.1) is 12.5 Å². The van der Waals surface area contributed by atoms with Crippen molar-refractivity contribution < 1.29 is 19.5 Å². The van der Waals surface area contributed by atoms with E-state index < -0.39 is 5.97 Å². The molecule has 1 heterocycles. The molecule has 0 spiro atoms. The van der Waals surface area contributed by atoms with Gasteiger partial charge in [0, 0.05) is 26.6 Å². The number of piperidine rings is 1. The Balaban J connectivity index is 1.75. The molecule has 1 aliphatic heterocycles. The first-order valence-corrected chi connectivity index (χ1v) is 10.1. The molecule has 0 radical (unpaired) electrons. The van der Waals surface area contributed by atoms with Crippen LogP contribution in [0.25, 0.3) is 0 Å². The average molecular weight is 389 g/mol. The number of hydrogen-bond donors (Lipinski definition) is 1. The lowest BCUT2D eigenvalue weighted by molar-refractivity contribution is -0.146. The van der Waals surface area contributed by atoms with Crippen LogP contribution >= 0.6 is 0 Å². The lowest BCUT2D eigenvalue weighted by Gasteiger charge is -2.31. The van der Waals surface area contributed by atoms with Gasteiger partial charge in [0.2, 0.25) is 11.8 Å². The van der Waals surface area contributed by atoms with Gasteiger partial charge in [-0.1, -0.05) is 38.1 Å². The second kappa shape index (κ2) is 10.2. The number of aryl methyl sites for hydroxylation is 1. The van der Waals surface area contributed by atoms with Gasteiger partial charge < -0.3 is 14.9 Å². The van der Waals surface area contributed by atoms with E-state index in [0.29, 0.717) is 44.7 Å². The van der Waals surface area contributed by atoms with E-state index in [-0.39, 0.29) is 24.3 Å². The van der Waals surface area contributed by atoms with Crippen molar-refractivity contribution in [2.24, 2.45) is 11.8 Å². The van der Waals surface area contributed by atoms with Crippen molar-refractivity contribution in [1.82, 2.24) is 9.80 Å². The third-order valence-corrected chi connectivity index (χ3v) is 5.29. The number of carboxylic acid groups (broad SMARTS) is 1. The zero-order chi connectivity index (χ0) is 20.7. The highest BCUT2D eigenvalue weighted by molar-refractivity contribution is 5.85. The Morgan fingerprint density at radius 2 is 1.68 bits per heavy atom. The number of carboxylic acids is 1. The summed E-state index contributed by atoms with van der Waals surface area (Å²) in [6.07, 6.45) is 3.03. The van der Waals surface area contributed by atoms with Crippen molar-refractivity contribution in [2.45, 2.75) is 46.0 Å². The molecule has 2 amide bonds.